The van der Waals surface area contributed by atoms with E-state index in [9.17, 15) is 38.4 Å². The lowest BCUT2D eigenvalue weighted by Crippen LogP contribution is -2.58. The van der Waals surface area contributed by atoms with E-state index in [0.29, 0.717) is 30.8 Å². The van der Waals surface area contributed by atoms with E-state index in [1.807, 2.05) is 50.2 Å². The van der Waals surface area contributed by atoms with E-state index < -0.39 is 71.5 Å². The molecule has 0 aliphatic carbocycles. The van der Waals surface area contributed by atoms with Crippen molar-refractivity contribution in [1.82, 2.24) is 37.4 Å². The Morgan fingerprint density at radius 3 is 1.36 bits per heavy atom. The Morgan fingerprint density at radius 2 is 0.957 bits per heavy atom. The van der Waals surface area contributed by atoms with E-state index in [-0.39, 0.29) is 67.5 Å². The van der Waals surface area contributed by atoms with E-state index >= 15 is 0 Å². The first-order chi connectivity index (χ1) is 32.2. The van der Waals surface area contributed by atoms with Crippen molar-refractivity contribution in [1.29, 1.82) is 0 Å². The van der Waals surface area contributed by atoms with Gasteiger partial charge in [-0.25, -0.2) is 9.59 Å². The normalized spacial score (nSPS) is 13.7. The Bertz CT molecular complexity index is 2050. The number of alkyl carbamates (subject to hydrolysis) is 1. The van der Waals surface area contributed by atoms with Gasteiger partial charge in [0.1, 0.15) is 47.3 Å². The molecular weight excluding hydrogens is 891 g/mol. The molecule has 0 heterocycles. The molecule has 7 N–H and O–H groups in total. The smallest absolute Gasteiger partial charge is 0.408 e. The van der Waals surface area contributed by atoms with Crippen LogP contribution >= 0.6 is 0 Å². The van der Waals surface area contributed by atoms with Crippen molar-refractivity contribution in [2.75, 3.05) is 20.3 Å². The van der Waals surface area contributed by atoms with Gasteiger partial charge in [0, 0.05) is 12.8 Å². The van der Waals surface area contributed by atoms with E-state index in [2.05, 4.69) is 37.4 Å². The van der Waals surface area contributed by atoms with Crippen LogP contribution in [0.2, 0.25) is 0 Å². The van der Waals surface area contributed by atoms with Gasteiger partial charge in [0.25, 0.3) is 11.8 Å². The zero-order valence-electron chi connectivity index (χ0n) is 43.1. The Balaban J connectivity index is 1.89. The molecule has 5 atom stereocenters. The molecule has 0 spiro atoms. The standard InChI is InChI=1S/C50H79N7O12/c1-28(2)25-37(44(60)54-43(32(9)10)48(64)66-14)51-45(61)40(29(3)4)52-38(58)17-15-23-67-35-21-19-33-20-22-36(27-34(33)26-35)68-24-16-18-39(59)53-41(30(5)6)46(62)56-57-47(63)42(31(7)8)55-49(65)69-50(11,12)13/h19-22,26-32,37,40-43H,15-18,23-25H2,1-14H3,(H,51,61)(H,52,58)(H,53,59)(H,54,60)(H,55,65)(H,56,62)(H,57,63)/t37-,40-,41-,42-,43-/m0/s1. The molecule has 0 saturated carbocycles. The van der Waals surface area contributed by atoms with Gasteiger partial charge in [-0.1, -0.05) is 81.4 Å². The van der Waals surface area contributed by atoms with Crippen molar-refractivity contribution in [2.45, 2.75) is 158 Å². The summed E-state index contributed by atoms with van der Waals surface area (Å²) in [7, 11) is 1.25. The summed E-state index contributed by atoms with van der Waals surface area (Å²) in [4.78, 5) is 103. The molecular formula is C50H79N7O12. The predicted molar refractivity (Wildman–Crippen MR) is 261 cm³/mol. The minimum absolute atomic E-state index is 0.0444. The van der Waals surface area contributed by atoms with Crippen LogP contribution in [0.15, 0.2) is 36.4 Å². The van der Waals surface area contributed by atoms with Gasteiger partial charge in [0.2, 0.25) is 23.6 Å². The van der Waals surface area contributed by atoms with Crippen LogP contribution < -0.4 is 46.9 Å². The van der Waals surface area contributed by atoms with Gasteiger partial charge in [0.05, 0.1) is 20.3 Å². The zero-order chi connectivity index (χ0) is 52.2. The van der Waals surface area contributed by atoms with Crippen molar-refractivity contribution in [3.05, 3.63) is 36.4 Å². The molecule has 0 fully saturated rings. The van der Waals surface area contributed by atoms with E-state index in [0.717, 1.165) is 10.8 Å². The molecule has 19 heteroatoms. The molecule has 386 valence electrons. The maximum Gasteiger partial charge on any atom is 0.408 e. The summed E-state index contributed by atoms with van der Waals surface area (Å²) in [6, 6.07) is 6.49. The van der Waals surface area contributed by atoms with Crippen molar-refractivity contribution >= 4 is 58.3 Å². The van der Waals surface area contributed by atoms with Crippen LogP contribution in [-0.2, 0) is 43.0 Å². The highest BCUT2D eigenvalue weighted by Gasteiger charge is 2.33. The molecule has 0 bridgehead atoms. The van der Waals surface area contributed by atoms with E-state index in [4.69, 9.17) is 18.9 Å². The van der Waals surface area contributed by atoms with Gasteiger partial charge >= 0.3 is 12.1 Å². The first-order valence-corrected chi connectivity index (χ1v) is 23.9. The van der Waals surface area contributed by atoms with Crippen molar-refractivity contribution in [3.8, 4) is 11.5 Å². The molecule has 0 aliphatic rings. The molecule has 7 amide bonds. The Kier molecular flexibility index (Phi) is 24.3. The Hall–Kier alpha value is -6.14. The largest absolute Gasteiger partial charge is 0.494 e. The fourth-order valence-corrected chi connectivity index (χ4v) is 6.88. The fraction of sp³-hybridized carbons (Fsp3) is 0.640. The maximum atomic E-state index is 13.5. The number of benzene rings is 2. The summed E-state index contributed by atoms with van der Waals surface area (Å²) < 4.78 is 22.0. The molecule has 0 aromatic heterocycles. The molecule has 2 aromatic rings. The van der Waals surface area contributed by atoms with Gasteiger partial charge in [-0.15, -0.1) is 0 Å². The molecule has 0 saturated heterocycles. The minimum Gasteiger partial charge on any atom is -0.494 e. The number of ether oxygens (including phenoxy) is 4. The Labute approximate surface area is 407 Å². The summed E-state index contributed by atoms with van der Waals surface area (Å²) in [5.74, 6) is -3.55. The first-order valence-electron chi connectivity index (χ1n) is 23.9. The van der Waals surface area contributed by atoms with Gasteiger partial charge in [-0.05, 0) is 105 Å². The van der Waals surface area contributed by atoms with Crippen molar-refractivity contribution in [2.24, 2.45) is 29.6 Å². The summed E-state index contributed by atoms with van der Waals surface area (Å²) in [5, 5.41) is 15.3. The molecule has 0 radical (unpaired) electrons. The lowest BCUT2D eigenvalue weighted by Gasteiger charge is -2.28. The Morgan fingerprint density at radius 1 is 0.522 bits per heavy atom. The second-order valence-electron chi connectivity index (χ2n) is 19.9. The van der Waals surface area contributed by atoms with Gasteiger partial charge in [0.15, 0.2) is 0 Å². The lowest BCUT2D eigenvalue weighted by atomic mass is 9.98. The van der Waals surface area contributed by atoms with Crippen LogP contribution in [-0.4, -0.2) is 104 Å². The van der Waals surface area contributed by atoms with Crippen molar-refractivity contribution < 1.29 is 57.3 Å². The molecule has 2 aromatic carbocycles. The number of rotatable bonds is 26. The molecule has 0 aliphatic heterocycles. The third-order valence-electron chi connectivity index (χ3n) is 10.6. The highest BCUT2D eigenvalue weighted by molar-refractivity contribution is 5.94. The number of carbonyl (C=O) groups is 8. The highest BCUT2D eigenvalue weighted by Crippen LogP contribution is 2.26. The third-order valence-corrected chi connectivity index (χ3v) is 10.6. The zero-order valence-corrected chi connectivity index (χ0v) is 43.1. The SMILES string of the molecule is COC(=O)[C@@H](NC(=O)[C@H](CC(C)C)NC(=O)[C@@H](NC(=O)CCCOc1ccc2ccc(OCCCC(=O)N[C@H](C(=O)NNC(=O)[C@@H](NC(=O)OC(C)(C)C)C(C)C)C(C)C)cc2c1)C(C)C)C(C)C. The van der Waals surface area contributed by atoms with Crippen LogP contribution in [0.25, 0.3) is 10.8 Å². The number of hydrogen-bond donors (Lipinski definition) is 7. The summed E-state index contributed by atoms with van der Waals surface area (Å²) in [6.07, 6.45) is 0.426. The second kappa shape index (κ2) is 28.4. The number of esters is 1. The highest BCUT2D eigenvalue weighted by atomic mass is 16.6. The van der Waals surface area contributed by atoms with Crippen LogP contribution in [0, 0.1) is 29.6 Å². The quantitative estimate of drug-likeness (QED) is 0.0374. The second-order valence-corrected chi connectivity index (χ2v) is 19.9. The molecule has 0 unspecified atom stereocenters. The van der Waals surface area contributed by atoms with Crippen LogP contribution in [0.4, 0.5) is 4.79 Å². The minimum atomic E-state index is -0.988. The first kappa shape index (κ1) is 59.0. The van der Waals surface area contributed by atoms with Crippen LogP contribution in [0.1, 0.15) is 122 Å². The van der Waals surface area contributed by atoms with Gasteiger partial charge < -0.3 is 45.5 Å². The summed E-state index contributed by atoms with van der Waals surface area (Å²) in [5.41, 5.74) is 3.94. The van der Waals surface area contributed by atoms with Crippen molar-refractivity contribution in [3.63, 3.8) is 0 Å². The van der Waals surface area contributed by atoms with Gasteiger partial charge in [-0.2, -0.15) is 0 Å². The van der Waals surface area contributed by atoms with E-state index in [1.165, 1.54) is 7.11 Å². The number of nitrogens with one attached hydrogen (secondary N) is 7. The number of fused-ring (bicyclic) bond motifs is 1. The molecule has 19 nitrogen and oxygen atoms in total. The summed E-state index contributed by atoms with van der Waals surface area (Å²) in [6.45, 7) is 23.5. The average Bonchev–Trinajstić information content (AvgIpc) is 3.25. The average molecular weight is 970 g/mol. The number of methoxy groups -OCH3 is 1. The van der Waals surface area contributed by atoms with E-state index in [1.54, 1.807) is 76.2 Å². The monoisotopic (exact) mass is 970 g/mol. The summed E-state index contributed by atoms with van der Waals surface area (Å²) >= 11 is 0. The fourth-order valence-electron chi connectivity index (χ4n) is 6.88. The van der Waals surface area contributed by atoms with Gasteiger partial charge in [-0.3, -0.25) is 39.6 Å². The number of hydrogen-bond acceptors (Lipinski definition) is 12. The number of amides is 7. The number of carbonyl (C=O) groups excluding carboxylic acids is 8. The third kappa shape index (κ3) is 21.4. The predicted octanol–water partition coefficient (Wildman–Crippen LogP) is 4.98. The number of hydrazine groups is 1. The van der Waals surface area contributed by atoms with Crippen LogP contribution in [0.3, 0.4) is 0 Å². The topological polar surface area (TPSA) is 258 Å². The van der Waals surface area contributed by atoms with Crippen LogP contribution in [0.5, 0.6) is 11.5 Å². The lowest BCUT2D eigenvalue weighted by molar-refractivity contribution is -0.146. The molecule has 2 rings (SSSR count). The molecule has 69 heavy (non-hydrogen) atoms. The maximum absolute atomic E-state index is 13.5.